The van der Waals surface area contributed by atoms with Crippen LogP contribution in [0.25, 0.3) is 0 Å². The van der Waals surface area contributed by atoms with E-state index in [4.69, 9.17) is 0 Å². The number of hydrogen-bond donors (Lipinski definition) is 0. The molecule has 0 fully saturated rings. The number of hydrazine groups is 1. The Labute approximate surface area is 64.8 Å². The zero-order chi connectivity index (χ0) is 7.98. The predicted molar refractivity (Wildman–Crippen MR) is 45.8 cm³/mol. The van der Waals surface area contributed by atoms with Crippen LogP contribution in [0.3, 0.4) is 0 Å². The molecule has 0 saturated heterocycles. The van der Waals surface area contributed by atoms with Gasteiger partial charge >= 0.3 is 0 Å². The molecule has 0 rings (SSSR count). The summed E-state index contributed by atoms with van der Waals surface area (Å²) in [6.45, 7) is 6.74. The van der Waals surface area contributed by atoms with Crippen LogP contribution in [0.5, 0.6) is 0 Å². The van der Waals surface area contributed by atoms with Crippen molar-refractivity contribution in [2.24, 2.45) is 0 Å². The van der Waals surface area contributed by atoms with Crippen molar-refractivity contribution in [1.29, 1.82) is 0 Å². The van der Waals surface area contributed by atoms with E-state index in [9.17, 15) is 0 Å². The van der Waals surface area contributed by atoms with E-state index in [2.05, 4.69) is 38.0 Å². The van der Waals surface area contributed by atoms with Gasteiger partial charge in [-0.1, -0.05) is 13.8 Å². The lowest BCUT2D eigenvalue weighted by Gasteiger charge is -2.27. The summed E-state index contributed by atoms with van der Waals surface area (Å²) in [7, 11) is 4.28. The van der Waals surface area contributed by atoms with Crippen LogP contribution in [0.1, 0.15) is 26.7 Å². The van der Waals surface area contributed by atoms with Gasteiger partial charge in [-0.3, -0.25) is 0 Å². The van der Waals surface area contributed by atoms with E-state index in [0.717, 1.165) is 13.1 Å². The zero-order valence-corrected chi connectivity index (χ0v) is 7.72. The van der Waals surface area contributed by atoms with E-state index in [-0.39, 0.29) is 0 Å². The van der Waals surface area contributed by atoms with E-state index >= 15 is 0 Å². The molecule has 0 aliphatic carbocycles. The Morgan fingerprint density at radius 3 is 1.30 bits per heavy atom. The maximum atomic E-state index is 2.27. The molecule has 0 spiro atoms. The molecule has 0 heterocycles. The highest BCUT2D eigenvalue weighted by atomic mass is 15.6. The van der Waals surface area contributed by atoms with Crippen LogP contribution in [0.2, 0.25) is 0 Å². The summed E-state index contributed by atoms with van der Waals surface area (Å²) in [5.74, 6) is 0. The second-order valence-corrected chi connectivity index (χ2v) is 2.76. The van der Waals surface area contributed by atoms with Crippen LogP contribution < -0.4 is 0 Å². The molecule has 0 radical (unpaired) electrons. The third-order valence-electron chi connectivity index (χ3n) is 1.68. The quantitative estimate of drug-likeness (QED) is 0.541. The Morgan fingerprint density at radius 2 is 1.10 bits per heavy atom. The molecular weight excluding hydrogens is 124 g/mol. The van der Waals surface area contributed by atoms with Crippen molar-refractivity contribution in [2.75, 3.05) is 27.2 Å². The van der Waals surface area contributed by atoms with Crippen molar-refractivity contribution < 1.29 is 0 Å². The second-order valence-electron chi connectivity index (χ2n) is 2.76. The van der Waals surface area contributed by atoms with Gasteiger partial charge in [0, 0.05) is 27.2 Å². The summed E-state index contributed by atoms with van der Waals surface area (Å²) in [6, 6.07) is 0. The molecule has 0 aliphatic rings. The Hall–Kier alpha value is -0.0800. The summed E-state index contributed by atoms with van der Waals surface area (Å²) < 4.78 is 0. The minimum absolute atomic E-state index is 1.16. The SMILES string of the molecule is CCCN(C)N(C)CCC. The summed E-state index contributed by atoms with van der Waals surface area (Å²) in [5.41, 5.74) is 0. The van der Waals surface area contributed by atoms with Crippen LogP contribution >= 0.6 is 0 Å². The van der Waals surface area contributed by atoms with Crippen LogP contribution in [-0.2, 0) is 0 Å². The van der Waals surface area contributed by atoms with E-state index in [1.54, 1.807) is 0 Å². The second kappa shape index (κ2) is 5.69. The lowest BCUT2D eigenvalue weighted by atomic mass is 10.4. The highest BCUT2D eigenvalue weighted by Gasteiger charge is 2.00. The fraction of sp³-hybridized carbons (Fsp3) is 1.00. The molecule has 0 atom stereocenters. The lowest BCUT2D eigenvalue weighted by molar-refractivity contribution is 0.0276. The molecule has 0 bridgehead atoms. The molecule has 62 valence electrons. The normalized spacial score (nSPS) is 11.4. The first-order valence-electron chi connectivity index (χ1n) is 4.14. The van der Waals surface area contributed by atoms with Crippen molar-refractivity contribution in [1.82, 2.24) is 10.0 Å². The highest BCUT2D eigenvalue weighted by Crippen LogP contribution is 1.93. The van der Waals surface area contributed by atoms with Crippen LogP contribution in [0, 0.1) is 0 Å². The van der Waals surface area contributed by atoms with Gasteiger partial charge in [0.1, 0.15) is 0 Å². The summed E-state index contributed by atoms with van der Waals surface area (Å²) in [4.78, 5) is 0. The minimum atomic E-state index is 1.16. The maximum Gasteiger partial charge on any atom is 0.0127 e. The van der Waals surface area contributed by atoms with Gasteiger partial charge in [0.25, 0.3) is 0 Å². The number of nitrogens with zero attached hydrogens (tertiary/aromatic N) is 2. The van der Waals surface area contributed by atoms with Crippen LogP contribution in [0.4, 0.5) is 0 Å². The van der Waals surface area contributed by atoms with E-state index in [1.165, 1.54) is 12.8 Å². The van der Waals surface area contributed by atoms with E-state index in [0.29, 0.717) is 0 Å². The maximum absolute atomic E-state index is 2.27. The van der Waals surface area contributed by atoms with Gasteiger partial charge in [-0.25, -0.2) is 10.0 Å². The zero-order valence-electron chi connectivity index (χ0n) is 7.72. The molecule has 0 N–H and O–H groups in total. The topological polar surface area (TPSA) is 6.48 Å². The fourth-order valence-electron chi connectivity index (χ4n) is 0.989. The Bertz CT molecular complexity index is 63.7. The van der Waals surface area contributed by atoms with E-state index in [1.807, 2.05) is 0 Å². The molecule has 0 saturated carbocycles. The van der Waals surface area contributed by atoms with Crippen molar-refractivity contribution in [3.8, 4) is 0 Å². The molecule has 0 aromatic rings. The molecular formula is C8H20N2. The molecule has 0 aromatic heterocycles. The Balaban J connectivity index is 3.38. The van der Waals surface area contributed by atoms with Gasteiger partial charge in [0.05, 0.1) is 0 Å². The Kier molecular flexibility index (Phi) is 5.64. The molecule has 0 amide bonds. The van der Waals surface area contributed by atoms with Crippen molar-refractivity contribution >= 4 is 0 Å². The third kappa shape index (κ3) is 3.85. The predicted octanol–water partition coefficient (Wildman–Crippen LogP) is 1.58. The average molecular weight is 144 g/mol. The van der Waals surface area contributed by atoms with Crippen molar-refractivity contribution in [3.63, 3.8) is 0 Å². The molecule has 2 nitrogen and oxygen atoms in total. The number of hydrogen-bond acceptors (Lipinski definition) is 2. The van der Waals surface area contributed by atoms with Gasteiger partial charge in [-0.2, -0.15) is 0 Å². The fourth-order valence-corrected chi connectivity index (χ4v) is 0.989. The molecule has 0 aromatic carbocycles. The van der Waals surface area contributed by atoms with E-state index < -0.39 is 0 Å². The largest absolute Gasteiger partial charge is 0.245 e. The first-order chi connectivity index (χ1) is 4.72. The average Bonchev–Trinajstić information content (AvgIpc) is 1.89. The van der Waals surface area contributed by atoms with Crippen molar-refractivity contribution in [2.45, 2.75) is 26.7 Å². The van der Waals surface area contributed by atoms with Crippen LogP contribution in [0.15, 0.2) is 0 Å². The number of rotatable bonds is 5. The molecule has 10 heavy (non-hydrogen) atoms. The first-order valence-corrected chi connectivity index (χ1v) is 4.14. The van der Waals surface area contributed by atoms with Gasteiger partial charge in [0.15, 0.2) is 0 Å². The summed E-state index contributed by atoms with van der Waals surface area (Å²) >= 11 is 0. The molecule has 2 heteroatoms. The Morgan fingerprint density at radius 1 is 0.800 bits per heavy atom. The molecule has 0 aliphatic heterocycles. The van der Waals surface area contributed by atoms with Gasteiger partial charge < -0.3 is 0 Å². The minimum Gasteiger partial charge on any atom is -0.245 e. The monoisotopic (exact) mass is 144 g/mol. The first kappa shape index (κ1) is 9.92. The van der Waals surface area contributed by atoms with Gasteiger partial charge in [-0.05, 0) is 12.8 Å². The summed E-state index contributed by atoms with van der Waals surface area (Å²) in [6.07, 6.45) is 2.45. The van der Waals surface area contributed by atoms with Gasteiger partial charge in [-0.15, -0.1) is 0 Å². The van der Waals surface area contributed by atoms with Gasteiger partial charge in [0.2, 0.25) is 0 Å². The highest BCUT2D eigenvalue weighted by molar-refractivity contribution is 4.45. The summed E-state index contributed by atoms with van der Waals surface area (Å²) in [5, 5.41) is 4.53. The van der Waals surface area contributed by atoms with Crippen molar-refractivity contribution in [3.05, 3.63) is 0 Å². The molecule has 0 unspecified atom stereocenters. The standard InChI is InChI=1S/C8H20N2/c1-5-7-9(3)10(4)8-6-2/h5-8H2,1-4H3. The third-order valence-corrected chi connectivity index (χ3v) is 1.68. The smallest absolute Gasteiger partial charge is 0.0127 e. The lowest BCUT2D eigenvalue weighted by Crippen LogP contribution is -2.37. The van der Waals surface area contributed by atoms with Crippen LogP contribution in [-0.4, -0.2) is 37.2 Å².